The lowest BCUT2D eigenvalue weighted by atomic mass is 9.95. The molecule has 8 heteroatoms. The molecule has 1 aliphatic rings. The zero-order valence-electron chi connectivity index (χ0n) is 12.9. The molecule has 1 saturated heterocycles. The summed E-state index contributed by atoms with van der Waals surface area (Å²) in [6.07, 6.45) is 1.84. The van der Waals surface area contributed by atoms with Crippen LogP contribution in [0.3, 0.4) is 0 Å². The number of piperidine rings is 1. The van der Waals surface area contributed by atoms with Gasteiger partial charge in [-0.3, -0.25) is 4.79 Å². The SMILES string of the molecule is CC1CNCCC1NC(=O)CCc1nc(-c2cccs2)no1.Cl. The third kappa shape index (κ3) is 4.76. The molecule has 23 heavy (non-hydrogen) atoms. The van der Waals surface area contributed by atoms with E-state index < -0.39 is 0 Å². The highest BCUT2D eigenvalue weighted by Gasteiger charge is 2.22. The zero-order valence-corrected chi connectivity index (χ0v) is 14.6. The van der Waals surface area contributed by atoms with E-state index in [4.69, 9.17) is 4.52 Å². The monoisotopic (exact) mass is 356 g/mol. The number of thiophene rings is 1. The molecule has 0 radical (unpaired) electrons. The van der Waals surface area contributed by atoms with E-state index in [1.165, 1.54) is 0 Å². The van der Waals surface area contributed by atoms with Crippen LogP contribution in [0.1, 0.15) is 25.7 Å². The third-order valence-corrected chi connectivity index (χ3v) is 4.77. The Kier molecular flexibility index (Phi) is 6.56. The summed E-state index contributed by atoms with van der Waals surface area (Å²) in [5.74, 6) is 1.62. The highest BCUT2D eigenvalue weighted by Crippen LogP contribution is 2.21. The molecule has 2 aromatic rings. The second-order valence-corrected chi connectivity index (χ2v) is 6.58. The van der Waals surface area contributed by atoms with E-state index in [1.807, 2.05) is 17.5 Å². The van der Waals surface area contributed by atoms with Crippen molar-refractivity contribution in [3.63, 3.8) is 0 Å². The molecular weight excluding hydrogens is 336 g/mol. The maximum atomic E-state index is 12.0. The van der Waals surface area contributed by atoms with Crippen LogP contribution in [0.5, 0.6) is 0 Å². The molecule has 2 N–H and O–H groups in total. The second-order valence-electron chi connectivity index (χ2n) is 5.63. The molecule has 6 nitrogen and oxygen atoms in total. The maximum absolute atomic E-state index is 12.0. The number of amides is 1. The molecule has 3 rings (SSSR count). The fourth-order valence-corrected chi connectivity index (χ4v) is 3.24. The van der Waals surface area contributed by atoms with Gasteiger partial charge in [0, 0.05) is 18.9 Å². The first-order chi connectivity index (χ1) is 10.7. The van der Waals surface area contributed by atoms with E-state index in [9.17, 15) is 4.79 Å². The van der Waals surface area contributed by atoms with Crippen molar-refractivity contribution in [2.75, 3.05) is 13.1 Å². The summed E-state index contributed by atoms with van der Waals surface area (Å²) in [5.41, 5.74) is 0. The van der Waals surface area contributed by atoms with Gasteiger partial charge >= 0.3 is 0 Å². The number of nitrogens with zero attached hydrogens (tertiary/aromatic N) is 2. The van der Waals surface area contributed by atoms with Crippen LogP contribution >= 0.6 is 23.7 Å². The van der Waals surface area contributed by atoms with Gasteiger partial charge in [-0.05, 0) is 36.9 Å². The lowest BCUT2D eigenvalue weighted by molar-refractivity contribution is -0.122. The van der Waals surface area contributed by atoms with Gasteiger partial charge in [0.2, 0.25) is 17.6 Å². The molecule has 1 fully saturated rings. The number of carbonyl (C=O) groups is 1. The van der Waals surface area contributed by atoms with Crippen LogP contribution in [-0.4, -0.2) is 35.2 Å². The normalized spacial score (nSPS) is 20.7. The fraction of sp³-hybridized carbons (Fsp3) is 0.533. The van der Waals surface area contributed by atoms with Gasteiger partial charge in [-0.1, -0.05) is 18.1 Å². The maximum Gasteiger partial charge on any atom is 0.227 e. The van der Waals surface area contributed by atoms with Crippen molar-refractivity contribution in [1.82, 2.24) is 20.8 Å². The third-order valence-electron chi connectivity index (χ3n) is 3.91. The van der Waals surface area contributed by atoms with E-state index in [0.717, 1.165) is 24.4 Å². The molecule has 126 valence electrons. The highest BCUT2D eigenvalue weighted by atomic mass is 35.5. The molecule has 0 aromatic carbocycles. The molecule has 2 aromatic heterocycles. The number of halogens is 1. The Morgan fingerprint density at radius 1 is 1.57 bits per heavy atom. The quantitative estimate of drug-likeness (QED) is 0.859. The summed E-state index contributed by atoms with van der Waals surface area (Å²) in [5, 5.41) is 12.4. The van der Waals surface area contributed by atoms with Crippen molar-refractivity contribution in [1.29, 1.82) is 0 Å². The molecule has 0 spiro atoms. The summed E-state index contributed by atoms with van der Waals surface area (Å²) in [4.78, 5) is 17.4. The lowest BCUT2D eigenvalue weighted by Gasteiger charge is -2.30. The van der Waals surface area contributed by atoms with E-state index in [1.54, 1.807) is 11.3 Å². The Hall–Kier alpha value is -1.44. The van der Waals surface area contributed by atoms with Crippen LogP contribution in [0, 0.1) is 5.92 Å². The van der Waals surface area contributed by atoms with Crippen molar-refractivity contribution in [3.05, 3.63) is 23.4 Å². The van der Waals surface area contributed by atoms with Crippen LogP contribution in [0.25, 0.3) is 10.7 Å². The molecule has 0 aliphatic carbocycles. The topological polar surface area (TPSA) is 80.0 Å². The summed E-state index contributed by atoms with van der Waals surface area (Å²) >= 11 is 1.57. The van der Waals surface area contributed by atoms with Crippen molar-refractivity contribution in [2.24, 2.45) is 5.92 Å². The number of rotatable bonds is 5. The largest absolute Gasteiger partial charge is 0.353 e. The van der Waals surface area contributed by atoms with Gasteiger partial charge in [-0.2, -0.15) is 4.98 Å². The molecule has 1 aliphatic heterocycles. The van der Waals surface area contributed by atoms with Gasteiger partial charge < -0.3 is 15.2 Å². The second kappa shape index (κ2) is 8.42. The van der Waals surface area contributed by atoms with Crippen molar-refractivity contribution < 1.29 is 9.32 Å². The molecule has 1 amide bonds. The van der Waals surface area contributed by atoms with Crippen LogP contribution < -0.4 is 10.6 Å². The zero-order chi connectivity index (χ0) is 15.4. The Bertz CT molecular complexity index is 617. The number of hydrogen-bond donors (Lipinski definition) is 2. The number of hydrogen-bond acceptors (Lipinski definition) is 6. The minimum absolute atomic E-state index is 0. The predicted octanol–water partition coefficient (Wildman–Crippen LogP) is 2.27. The van der Waals surface area contributed by atoms with Gasteiger partial charge in [0.15, 0.2) is 0 Å². The Morgan fingerprint density at radius 3 is 3.17 bits per heavy atom. The Morgan fingerprint density at radius 2 is 2.43 bits per heavy atom. The van der Waals surface area contributed by atoms with Crippen molar-refractivity contribution in [2.45, 2.75) is 32.2 Å². The van der Waals surface area contributed by atoms with Crippen LogP contribution in [0.15, 0.2) is 22.0 Å². The Balaban J connectivity index is 0.00000192. The van der Waals surface area contributed by atoms with Gasteiger partial charge in [0.05, 0.1) is 4.88 Å². The average molecular weight is 357 g/mol. The van der Waals surface area contributed by atoms with Gasteiger partial charge in [0.1, 0.15) is 0 Å². The van der Waals surface area contributed by atoms with E-state index in [0.29, 0.717) is 30.5 Å². The molecule has 0 bridgehead atoms. The van der Waals surface area contributed by atoms with Gasteiger partial charge in [0.25, 0.3) is 0 Å². The molecule has 2 unspecified atom stereocenters. The average Bonchev–Trinajstić information content (AvgIpc) is 3.18. The summed E-state index contributed by atoms with van der Waals surface area (Å²) in [6.45, 7) is 4.07. The minimum atomic E-state index is 0. The minimum Gasteiger partial charge on any atom is -0.353 e. The first kappa shape index (κ1) is 17.9. The van der Waals surface area contributed by atoms with Crippen LogP contribution in [0.2, 0.25) is 0 Å². The number of nitrogens with one attached hydrogen (secondary N) is 2. The van der Waals surface area contributed by atoms with Crippen molar-refractivity contribution in [3.8, 4) is 10.7 Å². The lowest BCUT2D eigenvalue weighted by Crippen LogP contribution is -2.48. The predicted molar refractivity (Wildman–Crippen MR) is 91.8 cm³/mol. The van der Waals surface area contributed by atoms with Crippen LogP contribution in [-0.2, 0) is 11.2 Å². The number of carbonyl (C=O) groups excluding carboxylic acids is 1. The summed E-state index contributed by atoms with van der Waals surface area (Å²) in [6, 6.07) is 4.16. The van der Waals surface area contributed by atoms with Crippen molar-refractivity contribution >= 4 is 29.7 Å². The number of aryl methyl sites for hydroxylation is 1. The van der Waals surface area contributed by atoms with Crippen LogP contribution in [0.4, 0.5) is 0 Å². The number of aromatic nitrogens is 2. The summed E-state index contributed by atoms with van der Waals surface area (Å²) < 4.78 is 5.21. The van der Waals surface area contributed by atoms with Gasteiger partial charge in [-0.15, -0.1) is 23.7 Å². The smallest absolute Gasteiger partial charge is 0.227 e. The Labute approximate surface area is 145 Å². The molecule has 0 saturated carbocycles. The molecule has 2 atom stereocenters. The van der Waals surface area contributed by atoms with E-state index in [2.05, 4.69) is 27.7 Å². The summed E-state index contributed by atoms with van der Waals surface area (Å²) in [7, 11) is 0. The highest BCUT2D eigenvalue weighted by molar-refractivity contribution is 7.13. The van der Waals surface area contributed by atoms with E-state index in [-0.39, 0.29) is 24.4 Å². The molecular formula is C15H21ClN4O2S. The molecule has 3 heterocycles. The fourth-order valence-electron chi connectivity index (χ4n) is 2.59. The first-order valence-corrected chi connectivity index (χ1v) is 8.47. The first-order valence-electron chi connectivity index (χ1n) is 7.59. The van der Waals surface area contributed by atoms with Gasteiger partial charge in [-0.25, -0.2) is 0 Å². The van der Waals surface area contributed by atoms with E-state index >= 15 is 0 Å². The standard InChI is InChI=1S/C15H20N4O2S.ClH/c1-10-9-16-7-6-11(10)17-13(20)4-5-14-18-15(19-21-14)12-3-2-8-22-12;/h2-3,8,10-11,16H,4-7,9H2,1H3,(H,17,20);1H.